The number of nitrogens with one attached hydrogen (secondary N) is 1. The molecule has 22 heavy (non-hydrogen) atoms. The van der Waals surface area contributed by atoms with Crippen LogP contribution >= 0.6 is 11.6 Å². The van der Waals surface area contributed by atoms with Gasteiger partial charge in [0.1, 0.15) is 0 Å². The average molecular weight is 316 g/mol. The lowest BCUT2D eigenvalue weighted by Crippen LogP contribution is -2.29. The highest BCUT2D eigenvalue weighted by molar-refractivity contribution is 6.30. The summed E-state index contributed by atoms with van der Waals surface area (Å²) < 4.78 is 0. The summed E-state index contributed by atoms with van der Waals surface area (Å²) in [7, 11) is 0. The van der Waals surface area contributed by atoms with Crippen molar-refractivity contribution in [1.82, 2.24) is 5.32 Å². The second-order valence-electron chi connectivity index (χ2n) is 5.60. The molecule has 2 aromatic carbocycles. The molecular formula is C19H22ClNO. The van der Waals surface area contributed by atoms with Crippen LogP contribution in [0.25, 0.3) is 0 Å². The zero-order valence-electron chi connectivity index (χ0n) is 13.1. The van der Waals surface area contributed by atoms with Crippen LogP contribution in [0.1, 0.15) is 49.8 Å². The third-order valence-corrected chi connectivity index (χ3v) is 4.09. The van der Waals surface area contributed by atoms with Crippen LogP contribution in [-0.4, -0.2) is 5.91 Å². The molecule has 0 aliphatic carbocycles. The molecule has 116 valence electrons. The number of carbonyl (C=O) groups excluding carboxylic acids is 1. The Labute approximate surface area is 137 Å². The minimum absolute atomic E-state index is 0.00849. The van der Waals surface area contributed by atoms with Gasteiger partial charge >= 0.3 is 0 Å². The van der Waals surface area contributed by atoms with Crippen molar-refractivity contribution in [2.24, 2.45) is 0 Å². The molecule has 3 heteroatoms. The highest BCUT2D eigenvalue weighted by Gasteiger charge is 2.16. The van der Waals surface area contributed by atoms with Gasteiger partial charge in [-0.1, -0.05) is 67.9 Å². The molecule has 2 unspecified atom stereocenters. The maximum absolute atomic E-state index is 12.3. The second-order valence-corrected chi connectivity index (χ2v) is 6.04. The molecule has 2 aromatic rings. The van der Waals surface area contributed by atoms with Crippen LogP contribution in [0.4, 0.5) is 0 Å². The fourth-order valence-corrected chi connectivity index (χ4v) is 2.77. The zero-order chi connectivity index (χ0) is 15.9. The van der Waals surface area contributed by atoms with Gasteiger partial charge in [-0.05, 0) is 35.6 Å². The van der Waals surface area contributed by atoms with Gasteiger partial charge in [-0.15, -0.1) is 0 Å². The summed E-state index contributed by atoms with van der Waals surface area (Å²) in [6.07, 6.45) is 1.33. The minimum atomic E-state index is 0.00849. The van der Waals surface area contributed by atoms with Crippen molar-refractivity contribution in [3.63, 3.8) is 0 Å². The Hall–Kier alpha value is -1.80. The summed E-state index contributed by atoms with van der Waals surface area (Å²) in [5.74, 6) is 0.279. The SMILES string of the molecule is CCC(NC(=O)CC(C)c1ccccc1)c1cccc(Cl)c1. The molecule has 0 saturated heterocycles. The van der Waals surface area contributed by atoms with Crippen molar-refractivity contribution in [2.45, 2.75) is 38.6 Å². The normalized spacial score (nSPS) is 13.4. The van der Waals surface area contributed by atoms with E-state index in [1.807, 2.05) is 42.5 Å². The number of carbonyl (C=O) groups is 1. The third kappa shape index (κ3) is 4.60. The van der Waals surface area contributed by atoms with E-state index in [4.69, 9.17) is 11.6 Å². The standard InChI is InChI=1S/C19H22ClNO/c1-3-18(16-10-7-11-17(20)13-16)21-19(22)12-14(2)15-8-5-4-6-9-15/h4-11,13-14,18H,3,12H2,1-2H3,(H,21,22). The quantitative estimate of drug-likeness (QED) is 0.789. The van der Waals surface area contributed by atoms with Gasteiger partial charge in [0.05, 0.1) is 6.04 Å². The van der Waals surface area contributed by atoms with Crippen LogP contribution in [0.3, 0.4) is 0 Å². The summed E-state index contributed by atoms with van der Waals surface area (Å²) >= 11 is 6.03. The Morgan fingerprint density at radius 2 is 1.77 bits per heavy atom. The maximum Gasteiger partial charge on any atom is 0.221 e. The zero-order valence-corrected chi connectivity index (χ0v) is 13.8. The van der Waals surface area contributed by atoms with Crippen molar-refractivity contribution >= 4 is 17.5 Å². The van der Waals surface area contributed by atoms with E-state index in [0.717, 1.165) is 12.0 Å². The lowest BCUT2D eigenvalue weighted by Gasteiger charge is -2.19. The number of hydrogen-bond acceptors (Lipinski definition) is 1. The fourth-order valence-electron chi connectivity index (χ4n) is 2.58. The van der Waals surface area contributed by atoms with Crippen LogP contribution in [0, 0.1) is 0 Å². The van der Waals surface area contributed by atoms with E-state index in [2.05, 4.69) is 31.3 Å². The van der Waals surface area contributed by atoms with Gasteiger partial charge in [-0.2, -0.15) is 0 Å². The Kier molecular flexibility index (Phi) is 6.02. The molecule has 0 aliphatic heterocycles. The molecule has 2 rings (SSSR count). The van der Waals surface area contributed by atoms with E-state index in [0.29, 0.717) is 11.4 Å². The minimum Gasteiger partial charge on any atom is -0.349 e. The highest BCUT2D eigenvalue weighted by Crippen LogP contribution is 2.22. The first-order chi connectivity index (χ1) is 10.6. The van der Waals surface area contributed by atoms with E-state index in [1.165, 1.54) is 5.56 Å². The molecule has 2 atom stereocenters. The molecule has 1 amide bonds. The molecule has 2 nitrogen and oxygen atoms in total. The van der Waals surface area contributed by atoms with Crippen LogP contribution in [0.15, 0.2) is 54.6 Å². The van der Waals surface area contributed by atoms with Crippen molar-refractivity contribution in [1.29, 1.82) is 0 Å². The molecule has 0 aromatic heterocycles. The first-order valence-corrected chi connectivity index (χ1v) is 8.07. The van der Waals surface area contributed by atoms with Crippen molar-refractivity contribution in [2.75, 3.05) is 0 Å². The number of hydrogen-bond donors (Lipinski definition) is 1. The monoisotopic (exact) mass is 315 g/mol. The Balaban J connectivity index is 1.98. The number of halogens is 1. The lowest BCUT2D eigenvalue weighted by atomic mass is 9.97. The molecule has 1 N–H and O–H groups in total. The van der Waals surface area contributed by atoms with Gasteiger partial charge in [-0.3, -0.25) is 4.79 Å². The molecule has 0 bridgehead atoms. The van der Waals surface area contributed by atoms with Gasteiger partial charge < -0.3 is 5.32 Å². The molecule has 0 radical (unpaired) electrons. The Morgan fingerprint density at radius 3 is 2.41 bits per heavy atom. The number of rotatable bonds is 6. The van der Waals surface area contributed by atoms with Crippen molar-refractivity contribution < 1.29 is 4.79 Å². The first kappa shape index (κ1) is 16.6. The molecular weight excluding hydrogens is 294 g/mol. The fraction of sp³-hybridized carbons (Fsp3) is 0.316. The lowest BCUT2D eigenvalue weighted by molar-refractivity contribution is -0.122. The molecule has 0 saturated carbocycles. The summed E-state index contributed by atoms with van der Waals surface area (Å²) in [5, 5.41) is 3.81. The van der Waals surface area contributed by atoms with Crippen LogP contribution in [0.2, 0.25) is 5.02 Å². The highest BCUT2D eigenvalue weighted by atomic mass is 35.5. The van der Waals surface area contributed by atoms with Crippen LogP contribution in [-0.2, 0) is 4.79 Å². The topological polar surface area (TPSA) is 29.1 Å². The van der Waals surface area contributed by atoms with Crippen molar-refractivity contribution in [3.8, 4) is 0 Å². The number of benzene rings is 2. The predicted octanol–water partition coefficient (Wildman–Crippen LogP) is 5.10. The molecule has 0 fully saturated rings. The summed E-state index contributed by atoms with van der Waals surface area (Å²) in [4.78, 5) is 12.3. The summed E-state index contributed by atoms with van der Waals surface area (Å²) in [6, 6.07) is 17.8. The molecule has 0 aliphatic rings. The van der Waals surface area contributed by atoms with Crippen molar-refractivity contribution in [3.05, 3.63) is 70.7 Å². The van der Waals surface area contributed by atoms with E-state index in [-0.39, 0.29) is 17.9 Å². The van der Waals surface area contributed by atoms with Gasteiger partial charge in [-0.25, -0.2) is 0 Å². The van der Waals surface area contributed by atoms with E-state index in [9.17, 15) is 4.79 Å². The molecule has 0 heterocycles. The van der Waals surface area contributed by atoms with Crippen LogP contribution < -0.4 is 5.32 Å². The van der Waals surface area contributed by atoms with Gasteiger partial charge in [0.25, 0.3) is 0 Å². The largest absolute Gasteiger partial charge is 0.349 e. The van der Waals surface area contributed by atoms with Gasteiger partial charge in [0.2, 0.25) is 5.91 Å². The summed E-state index contributed by atoms with van der Waals surface area (Å²) in [5.41, 5.74) is 2.24. The van der Waals surface area contributed by atoms with Crippen LogP contribution in [0.5, 0.6) is 0 Å². The van der Waals surface area contributed by atoms with Gasteiger partial charge in [0, 0.05) is 11.4 Å². The predicted molar refractivity (Wildman–Crippen MR) is 92.1 cm³/mol. The van der Waals surface area contributed by atoms with E-state index in [1.54, 1.807) is 0 Å². The maximum atomic E-state index is 12.3. The first-order valence-electron chi connectivity index (χ1n) is 7.70. The smallest absolute Gasteiger partial charge is 0.221 e. The molecule has 0 spiro atoms. The second kappa shape index (κ2) is 8.00. The average Bonchev–Trinajstić information content (AvgIpc) is 2.53. The Morgan fingerprint density at radius 1 is 1.09 bits per heavy atom. The number of amides is 1. The van der Waals surface area contributed by atoms with E-state index < -0.39 is 0 Å². The summed E-state index contributed by atoms with van der Waals surface area (Å²) in [6.45, 7) is 4.14. The van der Waals surface area contributed by atoms with Gasteiger partial charge in [0.15, 0.2) is 0 Å². The third-order valence-electron chi connectivity index (χ3n) is 3.85. The van der Waals surface area contributed by atoms with E-state index >= 15 is 0 Å². The Bertz CT molecular complexity index is 612.